The van der Waals surface area contributed by atoms with Crippen molar-refractivity contribution in [3.05, 3.63) is 47.0 Å². The summed E-state index contributed by atoms with van der Waals surface area (Å²) in [6.07, 6.45) is 5.00. The fraction of sp³-hybridized carbons (Fsp3) is 0.294. The lowest BCUT2D eigenvalue weighted by Crippen LogP contribution is -2.30. The van der Waals surface area contributed by atoms with Crippen LogP contribution in [0.3, 0.4) is 0 Å². The van der Waals surface area contributed by atoms with Crippen LogP contribution in [0.2, 0.25) is 0 Å². The predicted octanol–water partition coefficient (Wildman–Crippen LogP) is 5.10. The lowest BCUT2D eigenvalue weighted by atomic mass is 10.2. The highest BCUT2D eigenvalue weighted by Crippen LogP contribution is 2.39. The zero-order valence-corrected chi connectivity index (χ0v) is 15.4. The SMILES string of the molecule is C=CC(=N)C=Cc1cccc(SC(C)(C)C(=O)OCC)c1Br. The second-order valence-electron chi connectivity index (χ2n) is 4.99. The number of rotatable bonds is 7. The Bertz CT molecular complexity index is 609. The quantitative estimate of drug-likeness (QED) is 0.405. The van der Waals surface area contributed by atoms with Gasteiger partial charge >= 0.3 is 5.97 Å². The second kappa shape index (κ2) is 8.34. The largest absolute Gasteiger partial charge is 0.465 e. The molecule has 1 aromatic rings. The summed E-state index contributed by atoms with van der Waals surface area (Å²) in [4.78, 5) is 13.0. The Labute approximate surface area is 144 Å². The summed E-state index contributed by atoms with van der Waals surface area (Å²) in [6, 6.07) is 5.82. The minimum absolute atomic E-state index is 0.235. The zero-order valence-electron chi connectivity index (χ0n) is 13.0. The Hall–Kier alpha value is -1.33. The van der Waals surface area contributed by atoms with Gasteiger partial charge in [-0.3, -0.25) is 4.79 Å². The summed E-state index contributed by atoms with van der Waals surface area (Å²) in [5.74, 6) is -0.235. The molecule has 0 saturated heterocycles. The van der Waals surface area contributed by atoms with Crippen molar-refractivity contribution >= 4 is 45.4 Å². The molecule has 0 aliphatic rings. The normalized spacial score (nSPS) is 11.5. The van der Waals surface area contributed by atoms with Gasteiger partial charge in [0, 0.05) is 9.37 Å². The predicted molar refractivity (Wildman–Crippen MR) is 97.7 cm³/mol. The number of carbonyl (C=O) groups is 1. The molecular formula is C17H20BrNO2S. The molecule has 0 aromatic heterocycles. The molecule has 3 nitrogen and oxygen atoms in total. The number of benzene rings is 1. The summed E-state index contributed by atoms with van der Waals surface area (Å²) in [6.45, 7) is 9.42. The molecular weight excluding hydrogens is 362 g/mol. The fourth-order valence-corrected chi connectivity index (χ4v) is 3.29. The first-order valence-electron chi connectivity index (χ1n) is 6.85. The molecule has 0 aliphatic heterocycles. The van der Waals surface area contributed by atoms with Crippen LogP contribution in [-0.4, -0.2) is 23.0 Å². The van der Waals surface area contributed by atoms with Crippen LogP contribution in [0.4, 0.5) is 0 Å². The van der Waals surface area contributed by atoms with Gasteiger partial charge in [0.25, 0.3) is 0 Å². The summed E-state index contributed by atoms with van der Waals surface area (Å²) < 4.78 is 5.34. The van der Waals surface area contributed by atoms with Crippen LogP contribution in [-0.2, 0) is 9.53 Å². The third kappa shape index (κ3) is 5.14. The van der Waals surface area contributed by atoms with Crippen LogP contribution in [0, 0.1) is 5.41 Å². The van der Waals surface area contributed by atoms with Crippen LogP contribution in [0.15, 0.2) is 46.3 Å². The Morgan fingerprint density at radius 2 is 2.18 bits per heavy atom. The van der Waals surface area contributed by atoms with E-state index in [9.17, 15) is 4.79 Å². The molecule has 0 bridgehead atoms. The van der Waals surface area contributed by atoms with E-state index in [-0.39, 0.29) is 5.97 Å². The van der Waals surface area contributed by atoms with Crippen LogP contribution in [0.25, 0.3) is 6.08 Å². The van der Waals surface area contributed by atoms with Crippen molar-refractivity contribution in [2.45, 2.75) is 30.4 Å². The van der Waals surface area contributed by atoms with E-state index in [1.54, 1.807) is 13.0 Å². The van der Waals surface area contributed by atoms with E-state index in [2.05, 4.69) is 22.5 Å². The van der Waals surface area contributed by atoms with Gasteiger partial charge in [0.2, 0.25) is 0 Å². The minimum Gasteiger partial charge on any atom is -0.465 e. The molecule has 1 N–H and O–H groups in total. The number of carbonyl (C=O) groups excluding carboxylic acids is 1. The molecule has 0 fully saturated rings. The summed E-state index contributed by atoms with van der Waals surface area (Å²) in [5.41, 5.74) is 1.29. The van der Waals surface area contributed by atoms with Crippen LogP contribution in [0.5, 0.6) is 0 Å². The molecule has 0 atom stereocenters. The van der Waals surface area contributed by atoms with Crippen molar-refractivity contribution < 1.29 is 9.53 Å². The number of hydrogen-bond acceptors (Lipinski definition) is 4. The molecule has 118 valence electrons. The van der Waals surface area contributed by atoms with Crippen molar-refractivity contribution in [3.8, 4) is 0 Å². The van der Waals surface area contributed by atoms with E-state index in [0.717, 1.165) is 14.9 Å². The van der Waals surface area contributed by atoms with Crippen molar-refractivity contribution in [2.75, 3.05) is 6.61 Å². The van der Waals surface area contributed by atoms with Gasteiger partial charge in [0.1, 0.15) is 4.75 Å². The van der Waals surface area contributed by atoms with E-state index in [1.807, 2.05) is 38.1 Å². The number of allylic oxidation sites excluding steroid dienone is 2. The number of hydrogen-bond donors (Lipinski definition) is 1. The van der Waals surface area contributed by atoms with Crippen molar-refractivity contribution in [1.82, 2.24) is 0 Å². The standard InChI is InChI=1S/C17H20BrNO2S/c1-5-13(19)11-10-12-8-7-9-14(15(12)18)22-17(3,4)16(20)21-6-2/h5,7-11,19H,1,6H2,2-4H3. The van der Waals surface area contributed by atoms with Crippen molar-refractivity contribution in [2.24, 2.45) is 0 Å². The molecule has 1 aromatic carbocycles. The molecule has 0 spiro atoms. The van der Waals surface area contributed by atoms with Gasteiger partial charge in [0.15, 0.2) is 0 Å². The maximum absolute atomic E-state index is 12.0. The molecule has 0 heterocycles. The molecule has 5 heteroatoms. The molecule has 0 saturated carbocycles. The minimum atomic E-state index is -0.672. The average molecular weight is 382 g/mol. The van der Waals surface area contributed by atoms with E-state index in [0.29, 0.717) is 12.3 Å². The number of esters is 1. The summed E-state index contributed by atoms with van der Waals surface area (Å²) in [5, 5.41) is 7.57. The second-order valence-corrected chi connectivity index (χ2v) is 7.44. The Morgan fingerprint density at radius 1 is 1.50 bits per heavy atom. The first-order valence-corrected chi connectivity index (χ1v) is 8.46. The van der Waals surface area contributed by atoms with E-state index in [1.165, 1.54) is 17.8 Å². The third-order valence-corrected chi connectivity index (χ3v) is 5.17. The topological polar surface area (TPSA) is 50.2 Å². The van der Waals surface area contributed by atoms with E-state index >= 15 is 0 Å². The van der Waals surface area contributed by atoms with Gasteiger partial charge < -0.3 is 10.1 Å². The summed E-state index contributed by atoms with van der Waals surface area (Å²) >= 11 is 5.02. The zero-order chi connectivity index (χ0) is 16.8. The number of halogens is 1. The van der Waals surface area contributed by atoms with Crippen molar-refractivity contribution in [3.63, 3.8) is 0 Å². The van der Waals surface area contributed by atoms with E-state index in [4.69, 9.17) is 10.1 Å². The van der Waals surface area contributed by atoms with Crippen LogP contribution < -0.4 is 0 Å². The fourth-order valence-electron chi connectivity index (χ4n) is 1.60. The highest BCUT2D eigenvalue weighted by Gasteiger charge is 2.31. The van der Waals surface area contributed by atoms with Crippen LogP contribution in [0.1, 0.15) is 26.3 Å². The third-order valence-electron chi connectivity index (χ3n) is 2.79. The van der Waals surface area contributed by atoms with E-state index < -0.39 is 4.75 Å². The van der Waals surface area contributed by atoms with Crippen LogP contribution >= 0.6 is 27.7 Å². The lowest BCUT2D eigenvalue weighted by Gasteiger charge is -2.22. The number of thioether (sulfide) groups is 1. The van der Waals surface area contributed by atoms with Gasteiger partial charge in [-0.1, -0.05) is 24.8 Å². The molecule has 0 amide bonds. The first-order chi connectivity index (χ1) is 10.3. The van der Waals surface area contributed by atoms with Crippen molar-refractivity contribution in [1.29, 1.82) is 5.41 Å². The highest BCUT2D eigenvalue weighted by atomic mass is 79.9. The highest BCUT2D eigenvalue weighted by molar-refractivity contribution is 9.10. The maximum atomic E-state index is 12.0. The molecule has 0 radical (unpaired) electrons. The van der Waals surface area contributed by atoms with Gasteiger partial charge in [-0.2, -0.15) is 0 Å². The smallest absolute Gasteiger partial charge is 0.321 e. The monoisotopic (exact) mass is 381 g/mol. The average Bonchev–Trinajstić information content (AvgIpc) is 2.47. The first kappa shape index (κ1) is 18.7. The number of ether oxygens (including phenoxy) is 1. The summed E-state index contributed by atoms with van der Waals surface area (Å²) in [7, 11) is 0. The molecule has 1 rings (SSSR count). The van der Waals surface area contributed by atoms with Gasteiger partial charge in [0.05, 0.1) is 12.3 Å². The van der Waals surface area contributed by atoms with Gasteiger partial charge in [-0.05, 0) is 60.5 Å². The maximum Gasteiger partial charge on any atom is 0.321 e. The molecule has 22 heavy (non-hydrogen) atoms. The van der Waals surface area contributed by atoms with Gasteiger partial charge in [-0.25, -0.2) is 0 Å². The lowest BCUT2D eigenvalue weighted by molar-refractivity contribution is -0.145. The molecule has 0 unspecified atom stereocenters. The van der Waals surface area contributed by atoms with Gasteiger partial charge in [-0.15, -0.1) is 11.8 Å². The Morgan fingerprint density at radius 3 is 2.77 bits per heavy atom. The Balaban J connectivity index is 3.02. The Kier molecular flexibility index (Phi) is 7.10. The molecule has 0 aliphatic carbocycles. The number of nitrogens with one attached hydrogen (secondary N) is 1.